The van der Waals surface area contributed by atoms with Gasteiger partial charge in [-0.2, -0.15) is 4.98 Å². The van der Waals surface area contributed by atoms with Crippen LogP contribution in [0.4, 0.5) is 5.82 Å². The molecule has 0 saturated heterocycles. The first kappa shape index (κ1) is 14.5. The second-order valence-electron chi connectivity index (χ2n) is 6.11. The van der Waals surface area contributed by atoms with Crippen molar-refractivity contribution in [3.05, 3.63) is 52.5 Å². The average Bonchev–Trinajstić information content (AvgIpc) is 3.17. The van der Waals surface area contributed by atoms with Crippen LogP contribution >= 0.6 is 11.3 Å². The molecule has 1 aliphatic carbocycles. The minimum absolute atomic E-state index is 0.440. The van der Waals surface area contributed by atoms with E-state index in [2.05, 4.69) is 37.1 Å². The predicted molar refractivity (Wildman–Crippen MR) is 96.5 cm³/mol. The highest BCUT2D eigenvalue weighted by molar-refractivity contribution is 7.09. The highest BCUT2D eigenvalue weighted by atomic mass is 32.1. The Morgan fingerprint density at radius 2 is 1.96 bits per heavy atom. The number of rotatable bonds is 5. The SMILES string of the molecule is c1csc(CNc2nnc(-c3nc(C4CC4)no3)c3ccccc23)c1. The molecule has 0 bridgehead atoms. The van der Waals surface area contributed by atoms with E-state index in [0.29, 0.717) is 17.5 Å². The van der Waals surface area contributed by atoms with Crippen LogP contribution in [-0.2, 0) is 6.54 Å². The van der Waals surface area contributed by atoms with Gasteiger partial charge in [0.05, 0.1) is 6.54 Å². The molecule has 1 aromatic carbocycles. The molecule has 1 saturated carbocycles. The number of anilines is 1. The molecule has 0 radical (unpaired) electrons. The average molecular weight is 349 g/mol. The largest absolute Gasteiger partial charge is 0.363 e. The summed E-state index contributed by atoms with van der Waals surface area (Å²) in [6.45, 7) is 0.724. The molecule has 1 N–H and O–H groups in total. The fourth-order valence-corrected chi connectivity index (χ4v) is 3.46. The molecule has 4 aromatic rings. The maximum atomic E-state index is 5.44. The molecule has 1 fully saturated rings. The van der Waals surface area contributed by atoms with Gasteiger partial charge in [-0.05, 0) is 24.3 Å². The van der Waals surface area contributed by atoms with Crippen molar-refractivity contribution >= 4 is 27.9 Å². The van der Waals surface area contributed by atoms with E-state index in [1.807, 2.05) is 30.3 Å². The molecule has 0 unspecified atom stereocenters. The molecule has 124 valence electrons. The zero-order valence-corrected chi connectivity index (χ0v) is 14.2. The number of thiophene rings is 1. The molecule has 7 heteroatoms. The summed E-state index contributed by atoms with van der Waals surface area (Å²) in [4.78, 5) is 5.76. The molecule has 1 aliphatic rings. The molecule has 6 nitrogen and oxygen atoms in total. The van der Waals surface area contributed by atoms with Crippen molar-refractivity contribution in [2.45, 2.75) is 25.3 Å². The summed E-state index contributed by atoms with van der Waals surface area (Å²) in [6.07, 6.45) is 2.27. The first-order valence-corrected chi connectivity index (χ1v) is 9.12. The third-order valence-electron chi connectivity index (χ3n) is 4.28. The second-order valence-corrected chi connectivity index (χ2v) is 7.14. The van der Waals surface area contributed by atoms with Gasteiger partial charge >= 0.3 is 0 Å². The minimum Gasteiger partial charge on any atom is -0.363 e. The van der Waals surface area contributed by atoms with Gasteiger partial charge in [0.1, 0.15) is 0 Å². The Labute approximate surface area is 147 Å². The molecule has 5 rings (SSSR count). The first-order valence-electron chi connectivity index (χ1n) is 8.24. The van der Waals surface area contributed by atoms with Crippen LogP contribution in [0, 0.1) is 0 Å². The molecular formula is C18H15N5OS. The summed E-state index contributed by atoms with van der Waals surface area (Å²) < 4.78 is 5.44. The van der Waals surface area contributed by atoms with Crippen molar-refractivity contribution in [1.29, 1.82) is 0 Å². The van der Waals surface area contributed by atoms with Gasteiger partial charge in [0.15, 0.2) is 17.3 Å². The van der Waals surface area contributed by atoms with E-state index < -0.39 is 0 Å². The molecule has 0 atom stereocenters. The van der Waals surface area contributed by atoms with Crippen molar-refractivity contribution in [3.8, 4) is 11.6 Å². The van der Waals surface area contributed by atoms with Gasteiger partial charge in [-0.3, -0.25) is 0 Å². The van der Waals surface area contributed by atoms with Crippen molar-refractivity contribution in [2.75, 3.05) is 5.32 Å². The summed E-state index contributed by atoms with van der Waals surface area (Å²) in [5.74, 6) is 2.43. The Kier molecular flexibility index (Phi) is 3.45. The van der Waals surface area contributed by atoms with E-state index in [1.165, 1.54) is 4.88 Å². The van der Waals surface area contributed by atoms with Crippen LogP contribution in [0.5, 0.6) is 0 Å². The van der Waals surface area contributed by atoms with Gasteiger partial charge in [-0.25, -0.2) is 0 Å². The quantitative estimate of drug-likeness (QED) is 0.581. The number of fused-ring (bicyclic) bond motifs is 1. The van der Waals surface area contributed by atoms with Gasteiger partial charge in [0, 0.05) is 21.6 Å². The molecular weight excluding hydrogens is 334 g/mol. The van der Waals surface area contributed by atoms with Crippen LogP contribution in [0.1, 0.15) is 29.5 Å². The monoisotopic (exact) mass is 349 g/mol. The highest BCUT2D eigenvalue weighted by Gasteiger charge is 2.29. The molecule has 3 heterocycles. The van der Waals surface area contributed by atoms with Crippen LogP contribution in [0.15, 0.2) is 46.3 Å². The topological polar surface area (TPSA) is 76.7 Å². The Morgan fingerprint density at radius 1 is 1.08 bits per heavy atom. The maximum absolute atomic E-state index is 5.44. The molecule has 25 heavy (non-hydrogen) atoms. The van der Waals surface area contributed by atoms with E-state index in [1.54, 1.807) is 11.3 Å². The normalized spacial score (nSPS) is 14.1. The van der Waals surface area contributed by atoms with Gasteiger partial charge in [-0.1, -0.05) is 35.5 Å². The van der Waals surface area contributed by atoms with Crippen molar-refractivity contribution < 1.29 is 4.52 Å². The van der Waals surface area contributed by atoms with Crippen LogP contribution in [0.25, 0.3) is 22.4 Å². The molecule has 0 spiro atoms. The lowest BCUT2D eigenvalue weighted by Crippen LogP contribution is -2.03. The van der Waals surface area contributed by atoms with E-state index in [9.17, 15) is 0 Å². The van der Waals surface area contributed by atoms with Crippen LogP contribution in [-0.4, -0.2) is 20.3 Å². The lowest BCUT2D eigenvalue weighted by molar-refractivity contribution is 0.421. The third kappa shape index (κ3) is 2.76. The van der Waals surface area contributed by atoms with Crippen molar-refractivity contribution in [1.82, 2.24) is 20.3 Å². The second kappa shape index (κ2) is 5.93. The number of benzene rings is 1. The van der Waals surface area contributed by atoms with Gasteiger partial charge in [0.2, 0.25) is 0 Å². The Hall–Kier alpha value is -2.80. The third-order valence-corrected chi connectivity index (χ3v) is 5.16. The molecule has 0 amide bonds. The van der Waals surface area contributed by atoms with Crippen LogP contribution in [0.2, 0.25) is 0 Å². The number of hydrogen-bond donors (Lipinski definition) is 1. The van der Waals surface area contributed by atoms with Gasteiger partial charge < -0.3 is 9.84 Å². The zero-order valence-electron chi connectivity index (χ0n) is 13.3. The first-order chi connectivity index (χ1) is 12.4. The number of aromatic nitrogens is 4. The summed E-state index contributed by atoms with van der Waals surface area (Å²) in [7, 11) is 0. The van der Waals surface area contributed by atoms with Crippen molar-refractivity contribution in [3.63, 3.8) is 0 Å². The number of nitrogens with one attached hydrogen (secondary N) is 1. The van der Waals surface area contributed by atoms with Crippen LogP contribution < -0.4 is 5.32 Å². The summed E-state index contributed by atoms with van der Waals surface area (Å²) in [6, 6.07) is 12.2. The molecule has 3 aromatic heterocycles. The van der Waals surface area contributed by atoms with Gasteiger partial charge in [-0.15, -0.1) is 21.5 Å². The summed E-state index contributed by atoms with van der Waals surface area (Å²) in [5.41, 5.74) is 0.636. The predicted octanol–water partition coefficient (Wildman–Crippen LogP) is 4.23. The number of nitrogens with zero attached hydrogens (tertiary/aromatic N) is 4. The summed E-state index contributed by atoms with van der Waals surface area (Å²) >= 11 is 1.71. The fraction of sp³-hybridized carbons (Fsp3) is 0.222. The number of hydrogen-bond acceptors (Lipinski definition) is 7. The van der Waals surface area contributed by atoms with E-state index >= 15 is 0 Å². The van der Waals surface area contributed by atoms with Gasteiger partial charge in [0.25, 0.3) is 5.89 Å². The zero-order chi connectivity index (χ0) is 16.6. The maximum Gasteiger partial charge on any atom is 0.279 e. The standard InChI is InChI=1S/C18H15N5OS/c1-2-6-14-13(5-1)15(18-20-16(23-24-18)11-7-8-11)21-22-17(14)19-10-12-4-3-9-25-12/h1-6,9,11H,7-8,10H2,(H,19,22). The fourth-order valence-electron chi connectivity index (χ4n) is 2.81. The Morgan fingerprint density at radius 3 is 2.76 bits per heavy atom. The Balaban J connectivity index is 1.53. The molecule has 0 aliphatic heterocycles. The minimum atomic E-state index is 0.440. The lowest BCUT2D eigenvalue weighted by atomic mass is 10.1. The smallest absolute Gasteiger partial charge is 0.279 e. The lowest BCUT2D eigenvalue weighted by Gasteiger charge is -2.08. The summed E-state index contributed by atoms with van der Waals surface area (Å²) in [5, 5.41) is 20.2. The van der Waals surface area contributed by atoms with E-state index in [4.69, 9.17) is 4.52 Å². The van der Waals surface area contributed by atoms with Crippen LogP contribution in [0.3, 0.4) is 0 Å². The van der Waals surface area contributed by atoms with E-state index in [-0.39, 0.29) is 0 Å². The van der Waals surface area contributed by atoms with Crippen molar-refractivity contribution in [2.24, 2.45) is 0 Å². The Bertz CT molecular complexity index is 1020. The highest BCUT2D eigenvalue weighted by Crippen LogP contribution is 2.39. The van der Waals surface area contributed by atoms with E-state index in [0.717, 1.165) is 41.8 Å².